The topological polar surface area (TPSA) is 359 Å². The van der Waals surface area contributed by atoms with Crippen LogP contribution in [-0.2, 0) is 64.1 Å². The molecule has 12 amide bonds. The molecule has 3 aromatic rings. The molecule has 0 spiro atoms. The van der Waals surface area contributed by atoms with Gasteiger partial charge in [0.05, 0.1) is 0 Å². The van der Waals surface area contributed by atoms with Crippen molar-refractivity contribution in [2.45, 2.75) is 484 Å². The summed E-state index contributed by atoms with van der Waals surface area (Å²) in [7, 11) is 0. The van der Waals surface area contributed by atoms with E-state index in [0.29, 0.717) is 65.0 Å². The number of unbranched alkanes of at least 4 members (excludes halogenated alkanes) is 56. The van der Waals surface area contributed by atoms with Gasteiger partial charge in [0.15, 0.2) is 0 Å². The van der Waals surface area contributed by atoms with Gasteiger partial charge in [0.2, 0.25) is 59.1 Å². The van der Waals surface area contributed by atoms with Crippen molar-refractivity contribution in [1.29, 1.82) is 0 Å². The quantitative estimate of drug-likeness (QED) is 0.0142. The van der Waals surface area contributed by atoms with Crippen molar-refractivity contribution in [3.05, 3.63) is 60.2 Å². The summed E-state index contributed by atoms with van der Waals surface area (Å²) in [6.07, 6.45) is 77.1. The number of amides is 12. The Kier molecular flexibility index (Phi) is 88.8. The number of rotatable bonds is 105. The summed E-state index contributed by atoms with van der Waals surface area (Å²) >= 11 is 0. The van der Waals surface area contributed by atoms with Crippen molar-refractivity contribution in [2.75, 3.05) is 131 Å². The molecule has 846 valence electrons. The first-order valence-electron chi connectivity index (χ1n) is 60.7. The fourth-order valence-electron chi connectivity index (χ4n) is 19.4. The Labute approximate surface area is 898 Å². The van der Waals surface area contributed by atoms with Gasteiger partial charge < -0.3 is 78.5 Å². The average Bonchev–Trinajstić information content (AvgIpc) is 0.776. The van der Waals surface area contributed by atoms with Gasteiger partial charge in [-0.15, -0.1) is 0 Å². The van der Waals surface area contributed by atoms with Gasteiger partial charge in [-0.1, -0.05) is 436 Å². The van der Waals surface area contributed by atoms with Crippen LogP contribution in [0, 0.1) is 0 Å². The zero-order chi connectivity index (χ0) is 107. The second-order valence-corrected chi connectivity index (χ2v) is 42.1. The van der Waals surface area contributed by atoms with Crippen LogP contribution in [0.4, 0.5) is 0 Å². The molecule has 0 aromatic heterocycles. The molecular weight excluding hydrogens is 1860 g/mol. The Morgan fingerprint density at radius 2 is 0.338 bits per heavy atom. The highest BCUT2D eigenvalue weighted by molar-refractivity contribution is 6.35. The molecule has 0 saturated heterocycles. The fourth-order valence-corrected chi connectivity index (χ4v) is 19.4. The normalized spacial score (nSPS) is 11.4. The van der Waals surface area contributed by atoms with Gasteiger partial charge in [-0.25, -0.2) is 0 Å². The van der Waals surface area contributed by atoms with E-state index in [9.17, 15) is 57.5 Å². The number of nitrogens with one attached hydrogen (secondary N) is 12. The van der Waals surface area contributed by atoms with Crippen molar-refractivity contribution in [3.63, 3.8) is 0 Å². The van der Waals surface area contributed by atoms with E-state index in [1.165, 1.54) is 308 Å². The lowest BCUT2D eigenvalue weighted by molar-refractivity contribution is -0.139. The highest BCUT2D eigenvalue weighted by Crippen LogP contribution is 2.29. The maximum absolute atomic E-state index is 13.9. The molecular formula is C121H215N15O12. The molecule has 0 radical (unpaired) electrons. The number of hydrogen-bond acceptors (Lipinski definition) is 15. The summed E-state index contributed by atoms with van der Waals surface area (Å²) in [4.78, 5) is 165. The van der Waals surface area contributed by atoms with Gasteiger partial charge in [-0.3, -0.25) is 57.5 Å². The molecule has 0 aliphatic heterocycles. The van der Waals surface area contributed by atoms with Crippen molar-refractivity contribution in [1.82, 2.24) is 78.5 Å². The molecule has 0 saturated carbocycles. The van der Waals surface area contributed by atoms with Crippen LogP contribution in [0.3, 0.4) is 0 Å². The molecule has 148 heavy (non-hydrogen) atoms. The van der Waals surface area contributed by atoms with E-state index in [4.69, 9.17) is 0 Å². The Bertz CT molecular complexity index is 3510. The molecule has 0 aliphatic carbocycles. The first-order chi connectivity index (χ1) is 72.4. The van der Waals surface area contributed by atoms with Crippen LogP contribution in [0.25, 0.3) is 21.5 Å². The number of carbonyl (C=O) groups excluding carboxylic acids is 12. The number of nitrogens with zero attached hydrogens (tertiary/aromatic N) is 3. The first-order valence-corrected chi connectivity index (χ1v) is 60.7. The largest absolute Gasteiger partial charge is 0.355 e. The van der Waals surface area contributed by atoms with Gasteiger partial charge in [-0.2, -0.15) is 0 Å². The summed E-state index contributed by atoms with van der Waals surface area (Å²) in [5.74, 6) is -3.32. The van der Waals surface area contributed by atoms with E-state index >= 15 is 0 Å². The summed E-state index contributed by atoms with van der Waals surface area (Å²) < 4.78 is 0. The average molecular weight is 2070 g/mol. The molecule has 0 unspecified atom stereocenters. The van der Waals surface area contributed by atoms with E-state index in [1.54, 1.807) is 0 Å². The van der Waals surface area contributed by atoms with Crippen LogP contribution in [0.1, 0.15) is 483 Å². The van der Waals surface area contributed by atoms with Crippen molar-refractivity contribution in [2.24, 2.45) is 0 Å². The van der Waals surface area contributed by atoms with Gasteiger partial charge >= 0.3 is 11.8 Å². The minimum absolute atomic E-state index is 0.00379. The van der Waals surface area contributed by atoms with Crippen LogP contribution >= 0.6 is 0 Å². The zero-order valence-corrected chi connectivity index (χ0v) is 94.3. The molecule has 0 atom stereocenters. The van der Waals surface area contributed by atoms with Gasteiger partial charge in [0.1, 0.15) is 0 Å². The number of benzene rings is 3. The molecule has 3 rings (SSSR count). The third-order valence-corrected chi connectivity index (χ3v) is 28.8. The standard InChI is InChI=1S/C121H215N15O12/c1-5-9-13-17-21-25-29-33-37-41-45-49-53-57-61-73-110(137)122-83-87-126-114(141)77-94-134(95-78-115(142)127-88-84-123-111(138)74-62-58-54-50-46-42-38-34-30-26-22-18-14-10-6-2)100-91-130-118(145)81-98-136(102-93-132-120(147)121(148)133-104-109-107-71-67-65-69-105(107)103-106-70-66-68-72-108(106)109)99-82-119(146)131-92-101-135(96-79-116(143)128-89-85-124-112(139)75-63-59-55-51-47-43-39-35-31-27-23-19-15-11-7-3)97-80-117(144)129-90-86-125-113(140)76-64-60-56-52-48-44-40-36-32-28-24-20-16-12-8-4/h65-72,103H,5-64,73-102,104H2,1-4H3,(H,122,137)(H,123,138)(H,124,139)(H,125,140)(H,126,141)(H,127,142)(H,128,143)(H,129,144)(H,130,145)(H,131,146)(H,132,147)(H,133,148). The summed E-state index contributed by atoms with van der Waals surface area (Å²) in [5.41, 5.74) is 0.877. The Morgan fingerprint density at radius 3 is 0.541 bits per heavy atom. The maximum Gasteiger partial charge on any atom is 0.309 e. The van der Waals surface area contributed by atoms with E-state index in [1.807, 2.05) is 63.2 Å². The second kappa shape index (κ2) is 98.1. The highest BCUT2D eigenvalue weighted by atomic mass is 16.2. The maximum atomic E-state index is 13.9. The van der Waals surface area contributed by atoms with Gasteiger partial charge in [0.25, 0.3) is 0 Å². The first kappa shape index (κ1) is 134. The van der Waals surface area contributed by atoms with Gasteiger partial charge in [0, 0.05) is 202 Å². The number of fused-ring (bicyclic) bond motifs is 2. The third kappa shape index (κ3) is 80.6. The van der Waals surface area contributed by atoms with Crippen molar-refractivity contribution in [3.8, 4) is 0 Å². The number of carbonyl (C=O) groups is 12. The van der Waals surface area contributed by atoms with E-state index < -0.39 is 11.8 Å². The minimum atomic E-state index is -0.846. The smallest absolute Gasteiger partial charge is 0.309 e. The molecule has 3 aromatic carbocycles. The zero-order valence-electron chi connectivity index (χ0n) is 94.3. The van der Waals surface area contributed by atoms with Crippen LogP contribution in [0.15, 0.2) is 54.6 Å². The van der Waals surface area contributed by atoms with E-state index in [2.05, 4.69) is 97.6 Å². The summed E-state index contributed by atoms with van der Waals surface area (Å²) in [6, 6.07) is 17.9. The highest BCUT2D eigenvalue weighted by Gasteiger charge is 2.21. The minimum Gasteiger partial charge on any atom is -0.355 e. The van der Waals surface area contributed by atoms with E-state index in [-0.39, 0.29) is 196 Å². The molecule has 0 bridgehead atoms. The van der Waals surface area contributed by atoms with E-state index in [0.717, 1.165) is 104 Å². The molecule has 0 heterocycles. The molecule has 12 N–H and O–H groups in total. The Balaban J connectivity index is 1.65. The van der Waals surface area contributed by atoms with Crippen LogP contribution in [0.5, 0.6) is 0 Å². The van der Waals surface area contributed by atoms with Crippen molar-refractivity contribution >= 4 is 92.4 Å². The molecule has 27 heteroatoms. The summed E-state index contributed by atoms with van der Waals surface area (Å²) in [6.45, 7) is 13.9. The van der Waals surface area contributed by atoms with Gasteiger partial charge in [-0.05, 0) is 58.9 Å². The summed E-state index contributed by atoms with van der Waals surface area (Å²) in [5, 5.41) is 39.0. The SMILES string of the molecule is CCCCCCCCCCCCCCCCCC(=O)NCCNC(=O)CCN(CCNC(=O)CCN(CCNC(=O)C(=O)NCc1c2ccccc2cc2ccccc12)CCC(=O)NCCN(CCC(=O)NCCNC(=O)CCCCCCCCCCCCCCCCC)CCC(=O)NCCNC(=O)CCCCCCCCCCCCCCCCC)CCC(=O)NCCNC(=O)CCCCCCCCCCCCCCCCC. The molecule has 0 aliphatic rings. The van der Waals surface area contributed by atoms with Crippen molar-refractivity contribution < 1.29 is 57.5 Å². The van der Waals surface area contributed by atoms with Crippen LogP contribution in [0.2, 0.25) is 0 Å². The molecule has 0 fully saturated rings. The third-order valence-electron chi connectivity index (χ3n) is 28.8. The number of hydrogen-bond donors (Lipinski definition) is 12. The predicted octanol–water partition coefficient (Wildman–Crippen LogP) is 22.2. The lowest BCUT2D eigenvalue weighted by atomic mass is 9.97. The lowest BCUT2D eigenvalue weighted by Gasteiger charge is -2.24. The fraction of sp³-hybridized carbons (Fsp3) is 0.785. The van der Waals surface area contributed by atoms with Crippen LogP contribution in [-0.4, -0.2) is 216 Å². The monoisotopic (exact) mass is 2070 g/mol. The lowest BCUT2D eigenvalue weighted by Crippen LogP contribution is -2.44. The second-order valence-electron chi connectivity index (χ2n) is 42.1. The Morgan fingerprint density at radius 1 is 0.176 bits per heavy atom. The predicted molar refractivity (Wildman–Crippen MR) is 612 cm³/mol. The van der Waals surface area contributed by atoms with Crippen LogP contribution < -0.4 is 63.8 Å². The Hall–Kier alpha value is -8.30. The molecule has 27 nitrogen and oxygen atoms in total.